The van der Waals surface area contributed by atoms with Crippen molar-refractivity contribution >= 4 is 11.0 Å². The smallest absolute Gasteiger partial charge is 0.231 e. The molecule has 0 fully saturated rings. The molecule has 2 aromatic carbocycles. The predicted molar refractivity (Wildman–Crippen MR) is 83.9 cm³/mol. The van der Waals surface area contributed by atoms with Crippen molar-refractivity contribution in [2.75, 3.05) is 13.9 Å². The summed E-state index contributed by atoms with van der Waals surface area (Å²) >= 11 is 0. The fourth-order valence-corrected chi connectivity index (χ4v) is 2.69. The lowest BCUT2D eigenvalue weighted by Crippen LogP contribution is -2.06. The second-order valence-electron chi connectivity index (χ2n) is 5.20. The van der Waals surface area contributed by atoms with E-state index in [1.54, 1.807) is 6.07 Å². The molecule has 24 heavy (non-hydrogen) atoms. The number of methoxy groups -OCH3 is 1. The number of rotatable bonds is 2. The van der Waals surface area contributed by atoms with Crippen LogP contribution in [0.25, 0.3) is 22.1 Å². The Morgan fingerprint density at radius 3 is 2.71 bits per heavy atom. The van der Waals surface area contributed by atoms with E-state index in [-0.39, 0.29) is 40.4 Å². The largest absolute Gasteiger partial charge is 0.504 e. The third-order valence-electron chi connectivity index (χ3n) is 3.85. The quantitative estimate of drug-likeness (QED) is 0.698. The van der Waals surface area contributed by atoms with Gasteiger partial charge in [-0.2, -0.15) is 0 Å². The number of aromatic hydroxyl groups is 2. The molecule has 0 unspecified atom stereocenters. The summed E-state index contributed by atoms with van der Waals surface area (Å²) < 4.78 is 21.6. The van der Waals surface area contributed by atoms with Crippen LogP contribution >= 0.6 is 0 Å². The lowest BCUT2D eigenvalue weighted by Gasteiger charge is -2.09. The van der Waals surface area contributed by atoms with Gasteiger partial charge in [0.25, 0.3) is 0 Å². The first-order valence-corrected chi connectivity index (χ1v) is 7.04. The molecule has 0 saturated heterocycles. The Kier molecular flexibility index (Phi) is 3.02. The lowest BCUT2D eigenvalue weighted by atomic mass is 10.0. The fraction of sp³-hybridized carbons (Fsp3) is 0.118. The summed E-state index contributed by atoms with van der Waals surface area (Å²) in [5.41, 5.74) is 0.569. The summed E-state index contributed by atoms with van der Waals surface area (Å²) in [6.07, 6.45) is 1.29. The van der Waals surface area contributed by atoms with Gasteiger partial charge in [-0.05, 0) is 17.7 Å². The van der Waals surface area contributed by atoms with Crippen molar-refractivity contribution in [3.63, 3.8) is 0 Å². The Bertz CT molecular complexity index is 1020. The number of fused-ring (bicyclic) bond motifs is 2. The van der Waals surface area contributed by atoms with E-state index in [2.05, 4.69) is 0 Å². The van der Waals surface area contributed by atoms with E-state index < -0.39 is 0 Å². The normalized spacial score (nSPS) is 12.5. The summed E-state index contributed by atoms with van der Waals surface area (Å²) in [7, 11) is 1.43. The summed E-state index contributed by atoms with van der Waals surface area (Å²) in [5, 5.41) is 19.3. The van der Waals surface area contributed by atoms with Gasteiger partial charge >= 0.3 is 0 Å². The number of hydrogen-bond acceptors (Lipinski definition) is 7. The molecular weight excluding hydrogens is 316 g/mol. The standard InChI is InChI=1S/C17H12O7/c1-21-17-14-12(5-13-16(17)24-7-23-13)22-6-9(15(14)20)8-2-3-10(18)11(19)4-8/h2-6,18-19H,7H2,1H3. The maximum atomic E-state index is 12.9. The first kappa shape index (κ1) is 14.3. The molecule has 1 aromatic heterocycles. The van der Waals surface area contributed by atoms with Crippen LogP contribution in [0.3, 0.4) is 0 Å². The first-order chi connectivity index (χ1) is 11.6. The predicted octanol–water partition coefficient (Wildman–Crippen LogP) is 2.61. The Morgan fingerprint density at radius 2 is 1.96 bits per heavy atom. The molecule has 0 bridgehead atoms. The van der Waals surface area contributed by atoms with Gasteiger partial charge in [0.15, 0.2) is 23.0 Å². The Labute approximate surface area is 135 Å². The zero-order valence-corrected chi connectivity index (χ0v) is 12.5. The maximum Gasteiger partial charge on any atom is 0.231 e. The van der Waals surface area contributed by atoms with Gasteiger partial charge in [-0.1, -0.05) is 6.07 Å². The van der Waals surface area contributed by atoms with Crippen LogP contribution in [0.4, 0.5) is 0 Å². The zero-order valence-electron chi connectivity index (χ0n) is 12.5. The monoisotopic (exact) mass is 328 g/mol. The van der Waals surface area contributed by atoms with Crippen LogP contribution in [0.15, 0.2) is 39.7 Å². The summed E-state index contributed by atoms with van der Waals surface area (Å²) in [6, 6.07) is 5.66. The first-order valence-electron chi connectivity index (χ1n) is 7.04. The SMILES string of the molecule is COc1c2c(cc3occ(-c4ccc(O)c(O)c4)c(=O)c13)OCO2. The van der Waals surface area contributed by atoms with E-state index >= 15 is 0 Å². The summed E-state index contributed by atoms with van der Waals surface area (Å²) in [4.78, 5) is 12.9. The molecule has 0 atom stereocenters. The minimum absolute atomic E-state index is 0.0366. The number of benzene rings is 2. The zero-order chi connectivity index (χ0) is 16.8. The van der Waals surface area contributed by atoms with E-state index in [9.17, 15) is 15.0 Å². The number of phenolic OH excluding ortho intramolecular Hbond substituents is 2. The van der Waals surface area contributed by atoms with Gasteiger partial charge in [-0.15, -0.1) is 0 Å². The molecule has 122 valence electrons. The van der Waals surface area contributed by atoms with Crippen LogP contribution in [0.1, 0.15) is 0 Å². The van der Waals surface area contributed by atoms with E-state index in [1.807, 2.05) is 0 Å². The third kappa shape index (κ3) is 1.95. The van der Waals surface area contributed by atoms with E-state index in [0.29, 0.717) is 22.6 Å². The molecule has 7 nitrogen and oxygen atoms in total. The number of phenols is 2. The highest BCUT2D eigenvalue weighted by Gasteiger charge is 2.25. The van der Waals surface area contributed by atoms with Crippen molar-refractivity contribution in [1.82, 2.24) is 0 Å². The van der Waals surface area contributed by atoms with Crippen LogP contribution in [-0.2, 0) is 0 Å². The van der Waals surface area contributed by atoms with Crippen LogP contribution < -0.4 is 19.6 Å². The molecular formula is C17H12O7. The summed E-state index contributed by atoms with van der Waals surface area (Å²) in [6.45, 7) is 0.0366. The molecule has 0 aliphatic carbocycles. The molecule has 0 saturated carbocycles. The van der Waals surface area contributed by atoms with Gasteiger partial charge in [-0.25, -0.2) is 0 Å². The summed E-state index contributed by atoms with van der Waals surface area (Å²) in [5.74, 6) is 0.425. The molecule has 0 spiro atoms. The lowest BCUT2D eigenvalue weighted by molar-refractivity contribution is 0.171. The Hall–Kier alpha value is -3.35. The Morgan fingerprint density at radius 1 is 1.12 bits per heavy atom. The maximum absolute atomic E-state index is 12.9. The molecule has 0 radical (unpaired) electrons. The highest BCUT2D eigenvalue weighted by atomic mass is 16.7. The van der Waals surface area contributed by atoms with Gasteiger partial charge < -0.3 is 28.8 Å². The van der Waals surface area contributed by atoms with Gasteiger partial charge in [0, 0.05) is 6.07 Å². The minimum Gasteiger partial charge on any atom is -0.504 e. The van der Waals surface area contributed by atoms with Gasteiger partial charge in [0.1, 0.15) is 17.2 Å². The van der Waals surface area contributed by atoms with Gasteiger partial charge in [0.2, 0.25) is 18.0 Å². The van der Waals surface area contributed by atoms with Crippen molar-refractivity contribution in [2.45, 2.75) is 0 Å². The van der Waals surface area contributed by atoms with Crippen LogP contribution in [-0.4, -0.2) is 24.1 Å². The molecule has 7 heteroatoms. The molecule has 1 aliphatic heterocycles. The van der Waals surface area contributed by atoms with E-state index in [0.717, 1.165) is 0 Å². The second-order valence-corrected chi connectivity index (χ2v) is 5.20. The molecule has 1 aliphatic rings. The average molecular weight is 328 g/mol. The topological polar surface area (TPSA) is 98.4 Å². The second kappa shape index (κ2) is 5.09. The van der Waals surface area contributed by atoms with Crippen molar-refractivity contribution in [3.05, 3.63) is 40.8 Å². The van der Waals surface area contributed by atoms with Crippen LogP contribution in [0.2, 0.25) is 0 Å². The van der Waals surface area contributed by atoms with E-state index in [1.165, 1.54) is 31.6 Å². The number of hydrogen-bond donors (Lipinski definition) is 2. The molecule has 0 amide bonds. The fourth-order valence-electron chi connectivity index (χ4n) is 2.69. The highest BCUT2D eigenvalue weighted by molar-refractivity contribution is 5.91. The van der Waals surface area contributed by atoms with Crippen LogP contribution in [0, 0.1) is 0 Å². The van der Waals surface area contributed by atoms with Crippen molar-refractivity contribution < 1.29 is 28.8 Å². The molecule has 2 heterocycles. The minimum atomic E-state index is -0.350. The molecule has 4 rings (SSSR count). The highest BCUT2D eigenvalue weighted by Crippen LogP contribution is 2.45. The van der Waals surface area contributed by atoms with Gasteiger partial charge in [-0.3, -0.25) is 4.79 Å². The molecule has 3 aromatic rings. The molecule has 2 N–H and O–H groups in total. The van der Waals surface area contributed by atoms with Crippen molar-refractivity contribution in [1.29, 1.82) is 0 Å². The third-order valence-corrected chi connectivity index (χ3v) is 3.85. The van der Waals surface area contributed by atoms with Crippen molar-refractivity contribution in [2.24, 2.45) is 0 Å². The van der Waals surface area contributed by atoms with Crippen molar-refractivity contribution in [3.8, 4) is 39.9 Å². The van der Waals surface area contributed by atoms with E-state index in [4.69, 9.17) is 18.6 Å². The van der Waals surface area contributed by atoms with Gasteiger partial charge in [0.05, 0.1) is 12.7 Å². The average Bonchev–Trinajstić information content (AvgIpc) is 3.04. The number of ether oxygens (including phenoxy) is 3. The Balaban J connectivity index is 2.03. The van der Waals surface area contributed by atoms with Crippen LogP contribution in [0.5, 0.6) is 28.7 Å².